The van der Waals surface area contributed by atoms with E-state index in [1.54, 1.807) is 66.9 Å². The molecule has 0 bridgehead atoms. The lowest BCUT2D eigenvalue weighted by Crippen LogP contribution is -2.28. The molecule has 1 aromatic heterocycles. The molecule has 2 heterocycles. The van der Waals surface area contributed by atoms with Gasteiger partial charge in [0.15, 0.2) is 11.8 Å². The van der Waals surface area contributed by atoms with Gasteiger partial charge in [-0.25, -0.2) is 13.6 Å². The van der Waals surface area contributed by atoms with Gasteiger partial charge in [-0.2, -0.15) is 5.10 Å². The molecular weight excluding hydrogens is 706 g/mol. The minimum Gasteiger partial charge on any atom is -0.483 e. The summed E-state index contributed by atoms with van der Waals surface area (Å²) < 4.78 is 34.9. The van der Waals surface area contributed by atoms with Crippen LogP contribution in [0.4, 0.5) is 5.69 Å². The number of furan rings is 1. The van der Waals surface area contributed by atoms with Crippen LogP contribution in [-0.4, -0.2) is 43.1 Å². The number of sulfonamides is 1. The fraction of sp³-hybridized carbons (Fsp3) is 0.0667. The Bertz CT molecular complexity index is 1910. The maximum atomic E-state index is 13.6. The summed E-state index contributed by atoms with van der Waals surface area (Å²) in [7, 11) is -3.85. The van der Waals surface area contributed by atoms with Crippen LogP contribution < -0.4 is 15.2 Å². The molecule has 0 radical (unpaired) electrons. The van der Waals surface area contributed by atoms with E-state index in [-0.39, 0.29) is 24.0 Å². The maximum absolute atomic E-state index is 13.6. The first-order valence-corrected chi connectivity index (χ1v) is 16.5. The smallest absolute Gasteiger partial charge is 0.267 e. The number of ether oxygens (including phenoxy) is 1. The summed E-state index contributed by atoms with van der Waals surface area (Å²) in [6.07, 6.45) is 4.73. The van der Waals surface area contributed by atoms with Crippen LogP contribution in [0.1, 0.15) is 16.9 Å². The third-order valence-electron chi connectivity index (χ3n) is 6.09. The van der Waals surface area contributed by atoms with Crippen molar-refractivity contribution in [2.75, 3.05) is 11.9 Å². The van der Waals surface area contributed by atoms with Crippen LogP contribution >= 0.6 is 39.3 Å². The average molecular weight is 729 g/mol. The van der Waals surface area contributed by atoms with Crippen molar-refractivity contribution in [3.63, 3.8) is 0 Å². The number of nitrogens with two attached hydrogens (primary N) is 1. The summed E-state index contributed by atoms with van der Waals surface area (Å²) in [5, 5.41) is 17.2. The first-order chi connectivity index (χ1) is 21.5. The van der Waals surface area contributed by atoms with Crippen molar-refractivity contribution in [2.24, 2.45) is 15.3 Å². The van der Waals surface area contributed by atoms with Crippen LogP contribution in [0, 0.1) is 0 Å². The third kappa shape index (κ3) is 8.71. The van der Waals surface area contributed by atoms with Crippen LogP contribution in [0.3, 0.4) is 0 Å². The van der Waals surface area contributed by atoms with Crippen molar-refractivity contribution in [3.8, 4) is 5.75 Å². The van der Waals surface area contributed by atoms with Gasteiger partial charge in [0.25, 0.3) is 11.8 Å². The highest BCUT2D eigenvalue weighted by atomic mass is 79.9. The first-order valence-electron chi connectivity index (χ1n) is 13.0. The number of primary sulfonamides is 1. The zero-order valence-corrected chi connectivity index (χ0v) is 27.1. The SMILES string of the molecule is NS(=O)(=O)c1ccc(NC(=O)COc2ccc(Br)cc2/C=C2\S/C(=N\N=C\c3ccc(Cl)cc3)N(Cc3ccco3)C2=O)cc1. The Kier molecular flexibility index (Phi) is 10.2. The number of hydrogen-bond acceptors (Lipinski definition) is 9. The Labute approximate surface area is 276 Å². The maximum Gasteiger partial charge on any atom is 0.267 e. The van der Waals surface area contributed by atoms with E-state index in [0.717, 1.165) is 21.8 Å². The van der Waals surface area contributed by atoms with Gasteiger partial charge in [0.2, 0.25) is 10.0 Å². The number of carbonyl (C=O) groups excluding carboxylic acids is 2. The number of amides is 2. The van der Waals surface area contributed by atoms with Gasteiger partial charge in [-0.3, -0.25) is 14.5 Å². The Morgan fingerprint density at radius 2 is 1.87 bits per heavy atom. The molecule has 4 aromatic rings. The number of carbonyl (C=O) groups is 2. The predicted octanol–water partition coefficient (Wildman–Crippen LogP) is 5.87. The van der Waals surface area contributed by atoms with Gasteiger partial charge in [0, 0.05) is 20.7 Å². The van der Waals surface area contributed by atoms with E-state index in [9.17, 15) is 18.0 Å². The van der Waals surface area contributed by atoms with E-state index < -0.39 is 15.9 Å². The van der Waals surface area contributed by atoms with Crippen molar-refractivity contribution >= 4 is 84.3 Å². The van der Waals surface area contributed by atoms with Gasteiger partial charge in [-0.1, -0.05) is 39.7 Å². The Morgan fingerprint density at radius 3 is 2.56 bits per heavy atom. The van der Waals surface area contributed by atoms with Crippen LogP contribution in [0.5, 0.6) is 5.75 Å². The molecule has 15 heteroatoms. The molecule has 230 valence electrons. The molecule has 1 aliphatic rings. The summed E-state index contributed by atoms with van der Waals surface area (Å²) in [5.74, 6) is 0.117. The Hall–Kier alpha value is -4.21. The Morgan fingerprint density at radius 1 is 1.11 bits per heavy atom. The van der Waals surface area contributed by atoms with Crippen LogP contribution in [-0.2, 0) is 26.2 Å². The van der Waals surface area contributed by atoms with E-state index >= 15 is 0 Å². The molecular formula is C30H23BrClN5O6S2. The molecule has 2 amide bonds. The minimum absolute atomic E-state index is 0.0760. The third-order valence-corrected chi connectivity index (χ3v) is 8.76. The van der Waals surface area contributed by atoms with E-state index in [2.05, 4.69) is 31.4 Å². The molecule has 0 spiro atoms. The molecule has 1 aliphatic heterocycles. The van der Waals surface area contributed by atoms with Gasteiger partial charge in [-0.05, 0) is 90.1 Å². The van der Waals surface area contributed by atoms with Crippen molar-refractivity contribution in [1.29, 1.82) is 0 Å². The largest absolute Gasteiger partial charge is 0.483 e. The lowest BCUT2D eigenvalue weighted by Gasteiger charge is -2.13. The first kappa shape index (κ1) is 32.2. The van der Waals surface area contributed by atoms with Gasteiger partial charge in [-0.15, -0.1) is 5.10 Å². The summed E-state index contributed by atoms with van der Waals surface area (Å²) in [6, 6.07) is 21.1. The minimum atomic E-state index is -3.85. The van der Waals surface area contributed by atoms with Crippen LogP contribution in [0.2, 0.25) is 5.02 Å². The summed E-state index contributed by atoms with van der Waals surface area (Å²) in [6.45, 7) is -0.210. The number of anilines is 1. The second-order valence-electron chi connectivity index (χ2n) is 9.35. The monoisotopic (exact) mass is 727 g/mol. The van der Waals surface area contributed by atoms with Gasteiger partial charge in [0.1, 0.15) is 11.5 Å². The van der Waals surface area contributed by atoms with Crippen molar-refractivity contribution < 1.29 is 27.2 Å². The van der Waals surface area contributed by atoms with Crippen molar-refractivity contribution in [2.45, 2.75) is 11.4 Å². The lowest BCUT2D eigenvalue weighted by atomic mass is 10.2. The van der Waals surface area contributed by atoms with Gasteiger partial charge in [0.05, 0.1) is 28.8 Å². The number of nitrogens with one attached hydrogen (secondary N) is 1. The van der Waals surface area contributed by atoms with E-state index in [0.29, 0.717) is 37.9 Å². The molecule has 1 saturated heterocycles. The fourth-order valence-corrected chi connectivity index (χ4v) is 5.89. The normalized spacial score (nSPS) is 15.4. The molecule has 0 unspecified atom stereocenters. The van der Waals surface area contributed by atoms with Gasteiger partial charge >= 0.3 is 0 Å². The van der Waals surface area contributed by atoms with E-state index in [1.807, 2.05) is 0 Å². The van der Waals surface area contributed by atoms with Crippen molar-refractivity contribution in [1.82, 2.24) is 4.90 Å². The Balaban J connectivity index is 1.34. The number of halogens is 2. The average Bonchev–Trinajstić information content (AvgIpc) is 3.62. The fourth-order valence-electron chi connectivity index (χ4n) is 3.95. The zero-order valence-electron chi connectivity index (χ0n) is 23.1. The molecule has 5 rings (SSSR count). The molecule has 3 N–H and O–H groups in total. The number of benzene rings is 3. The highest BCUT2D eigenvalue weighted by Gasteiger charge is 2.34. The molecule has 3 aromatic carbocycles. The number of nitrogens with zero attached hydrogens (tertiary/aromatic N) is 3. The topological polar surface area (TPSA) is 157 Å². The zero-order chi connectivity index (χ0) is 32.0. The summed E-state index contributed by atoms with van der Waals surface area (Å²) in [4.78, 5) is 27.9. The summed E-state index contributed by atoms with van der Waals surface area (Å²) >= 11 is 10.5. The number of hydrogen-bond donors (Lipinski definition) is 2. The number of thioether (sulfide) groups is 1. The van der Waals surface area contributed by atoms with Gasteiger partial charge < -0.3 is 14.5 Å². The standard InChI is InChI=1S/C30H23BrClN5O6S2/c31-21-5-12-26(43-18-28(38)35-23-8-10-25(11-9-23)45(33,40)41)20(14-21)15-27-29(39)37(17-24-2-1-13-42-24)30(44-27)36-34-16-19-3-6-22(32)7-4-19/h1-16H,17-18H2,(H,35,38)(H2,33,40,41)/b27-15-,34-16+,36-30-. The number of rotatable bonds is 10. The van der Waals surface area contributed by atoms with Crippen molar-refractivity contribution in [3.05, 3.63) is 116 Å². The van der Waals surface area contributed by atoms with E-state index in [4.69, 9.17) is 25.9 Å². The van der Waals surface area contributed by atoms with E-state index in [1.165, 1.54) is 35.4 Å². The second-order valence-corrected chi connectivity index (χ2v) is 13.3. The molecule has 1 fully saturated rings. The molecule has 0 saturated carbocycles. The quantitative estimate of drug-likeness (QED) is 0.118. The molecule has 0 atom stereocenters. The molecule has 45 heavy (non-hydrogen) atoms. The predicted molar refractivity (Wildman–Crippen MR) is 177 cm³/mol. The van der Waals surface area contributed by atoms with Crippen LogP contribution in [0.25, 0.3) is 6.08 Å². The second kappa shape index (κ2) is 14.3. The number of amidine groups is 1. The molecule has 11 nitrogen and oxygen atoms in total. The highest BCUT2D eigenvalue weighted by molar-refractivity contribution is 9.10. The van der Waals surface area contributed by atoms with Crippen LogP contribution in [0.15, 0.2) is 114 Å². The lowest BCUT2D eigenvalue weighted by molar-refractivity contribution is -0.122. The molecule has 0 aliphatic carbocycles. The summed E-state index contributed by atoms with van der Waals surface area (Å²) in [5.41, 5.74) is 1.69. The highest BCUT2D eigenvalue weighted by Crippen LogP contribution is 2.36.